The van der Waals surface area contributed by atoms with E-state index in [0.717, 1.165) is 40.4 Å². The predicted octanol–water partition coefficient (Wildman–Crippen LogP) is 6.55. The molecule has 0 spiro atoms. The van der Waals surface area contributed by atoms with Crippen molar-refractivity contribution in [1.82, 2.24) is 10.3 Å². The van der Waals surface area contributed by atoms with Crippen LogP contribution >= 0.6 is 11.6 Å². The molecule has 0 saturated carbocycles. The first kappa shape index (κ1) is 23.7. The van der Waals surface area contributed by atoms with Gasteiger partial charge in [-0.05, 0) is 66.4 Å². The van der Waals surface area contributed by atoms with Crippen molar-refractivity contribution in [3.63, 3.8) is 0 Å². The summed E-state index contributed by atoms with van der Waals surface area (Å²) in [7, 11) is 0. The van der Waals surface area contributed by atoms with Gasteiger partial charge < -0.3 is 15.2 Å². The Labute approximate surface area is 204 Å². The molecular weight excluding hydrogens is 448 g/mol. The van der Waals surface area contributed by atoms with Crippen LogP contribution in [0.15, 0.2) is 72.9 Å². The summed E-state index contributed by atoms with van der Waals surface area (Å²) in [4.78, 5) is 17.1. The number of amides is 1. The van der Waals surface area contributed by atoms with E-state index in [4.69, 9.17) is 16.3 Å². The lowest BCUT2D eigenvalue weighted by atomic mass is 9.97. The number of aliphatic hydroxyl groups excluding tert-OH is 1. The summed E-state index contributed by atoms with van der Waals surface area (Å²) in [5.41, 5.74) is 4.32. The molecule has 0 bridgehead atoms. The normalized spacial score (nSPS) is 11.9. The van der Waals surface area contributed by atoms with E-state index in [1.54, 1.807) is 18.2 Å². The van der Waals surface area contributed by atoms with Gasteiger partial charge in [-0.25, -0.2) is 0 Å². The highest BCUT2D eigenvalue weighted by atomic mass is 35.5. The number of benzene rings is 3. The number of para-hydroxylation sites is 1. The number of halogens is 1. The molecule has 0 saturated heterocycles. The van der Waals surface area contributed by atoms with Crippen LogP contribution in [0.25, 0.3) is 22.0 Å². The van der Waals surface area contributed by atoms with Gasteiger partial charge in [0.25, 0.3) is 5.91 Å². The topological polar surface area (TPSA) is 71.5 Å². The number of nitrogens with zero attached hydrogens (tertiary/aromatic N) is 1. The Morgan fingerprint density at radius 3 is 2.59 bits per heavy atom. The average molecular weight is 475 g/mol. The molecule has 2 N–H and O–H groups in total. The summed E-state index contributed by atoms with van der Waals surface area (Å²) >= 11 is 6.37. The summed E-state index contributed by atoms with van der Waals surface area (Å²) < 4.78 is 6.11. The van der Waals surface area contributed by atoms with E-state index in [1.165, 1.54) is 0 Å². The Kier molecular flexibility index (Phi) is 7.46. The van der Waals surface area contributed by atoms with Crippen LogP contribution in [0.5, 0.6) is 11.5 Å². The predicted molar refractivity (Wildman–Crippen MR) is 137 cm³/mol. The van der Waals surface area contributed by atoms with Crippen molar-refractivity contribution in [2.45, 2.75) is 32.7 Å². The zero-order valence-electron chi connectivity index (χ0n) is 19.2. The maximum absolute atomic E-state index is 12.6. The van der Waals surface area contributed by atoms with Crippen molar-refractivity contribution in [2.24, 2.45) is 0 Å². The van der Waals surface area contributed by atoms with Gasteiger partial charge in [-0.3, -0.25) is 9.78 Å². The summed E-state index contributed by atoms with van der Waals surface area (Å²) in [6, 6.07) is 20.4. The fraction of sp³-hybridized carbons (Fsp3) is 0.214. The van der Waals surface area contributed by atoms with Gasteiger partial charge in [0.1, 0.15) is 11.5 Å². The molecule has 1 heterocycles. The Bertz CT molecular complexity index is 1320. The van der Waals surface area contributed by atoms with E-state index < -0.39 is 0 Å². The van der Waals surface area contributed by atoms with Crippen molar-refractivity contribution >= 4 is 28.4 Å². The van der Waals surface area contributed by atoms with Crippen molar-refractivity contribution in [3.05, 3.63) is 89.1 Å². The molecule has 6 heteroatoms. The van der Waals surface area contributed by atoms with Crippen LogP contribution in [0.1, 0.15) is 35.7 Å². The molecule has 3 aromatic carbocycles. The van der Waals surface area contributed by atoms with Gasteiger partial charge in [0.2, 0.25) is 0 Å². The molecule has 174 valence electrons. The van der Waals surface area contributed by atoms with Gasteiger partial charge in [-0.2, -0.15) is 0 Å². The lowest BCUT2D eigenvalue weighted by molar-refractivity contribution is 0.0912. The zero-order valence-corrected chi connectivity index (χ0v) is 20.0. The van der Waals surface area contributed by atoms with Crippen LogP contribution in [0, 0.1) is 6.92 Å². The monoisotopic (exact) mass is 474 g/mol. The number of rotatable bonds is 8. The van der Waals surface area contributed by atoms with E-state index in [0.29, 0.717) is 22.1 Å². The third-order valence-corrected chi connectivity index (χ3v) is 5.99. The van der Waals surface area contributed by atoms with Gasteiger partial charge in [0.15, 0.2) is 0 Å². The van der Waals surface area contributed by atoms with Crippen LogP contribution in [-0.4, -0.2) is 28.6 Å². The van der Waals surface area contributed by atoms with Crippen LogP contribution < -0.4 is 10.1 Å². The number of ether oxygens (including phenoxy) is 1. The Hall–Kier alpha value is -3.41. The molecule has 0 fully saturated rings. The highest BCUT2D eigenvalue weighted by molar-refractivity contribution is 6.35. The van der Waals surface area contributed by atoms with Gasteiger partial charge >= 0.3 is 0 Å². The average Bonchev–Trinajstić information content (AvgIpc) is 2.84. The summed E-state index contributed by atoms with van der Waals surface area (Å²) in [6.07, 6.45) is 3.43. The molecule has 0 aliphatic rings. The second kappa shape index (κ2) is 10.7. The summed E-state index contributed by atoms with van der Waals surface area (Å²) in [5.74, 6) is 0.975. The molecule has 1 aromatic heterocycles. The summed E-state index contributed by atoms with van der Waals surface area (Å²) in [6.45, 7) is 3.95. The second-order valence-corrected chi connectivity index (χ2v) is 8.66. The first-order valence-electron chi connectivity index (χ1n) is 11.3. The van der Waals surface area contributed by atoms with E-state index in [1.807, 2.05) is 68.6 Å². The van der Waals surface area contributed by atoms with Gasteiger partial charge in [-0.1, -0.05) is 55.3 Å². The Morgan fingerprint density at radius 1 is 1.09 bits per heavy atom. The first-order chi connectivity index (χ1) is 16.5. The van der Waals surface area contributed by atoms with Crippen LogP contribution in [0.3, 0.4) is 0 Å². The molecule has 4 aromatic rings. The van der Waals surface area contributed by atoms with Crippen molar-refractivity contribution in [1.29, 1.82) is 0 Å². The number of aliphatic hydroxyl groups is 1. The molecule has 4 rings (SSSR count). The van der Waals surface area contributed by atoms with E-state index >= 15 is 0 Å². The molecule has 0 aliphatic heterocycles. The van der Waals surface area contributed by atoms with Gasteiger partial charge in [0, 0.05) is 17.1 Å². The fourth-order valence-electron chi connectivity index (χ4n) is 4.05. The van der Waals surface area contributed by atoms with E-state index in [2.05, 4.69) is 10.3 Å². The van der Waals surface area contributed by atoms with E-state index in [-0.39, 0.29) is 18.6 Å². The molecular formula is C28H27ClN2O3. The standard InChI is InChI=1S/C28H27ClN2O3/c1-3-7-21(17-32)31-28(33)20-9-5-11-23(15-20)34-22-10-4-8-19(14-22)26-18(2)16-30-27-24(26)12-6-13-25(27)29/h4-6,8-16,21,32H,3,7,17H2,1-2H3,(H,31,33). The molecule has 1 unspecified atom stereocenters. The van der Waals surface area contributed by atoms with Crippen molar-refractivity contribution < 1.29 is 14.6 Å². The van der Waals surface area contributed by atoms with Crippen LogP contribution in [0.4, 0.5) is 0 Å². The lowest BCUT2D eigenvalue weighted by Gasteiger charge is -2.16. The third kappa shape index (κ3) is 5.22. The Balaban J connectivity index is 1.61. The number of hydrogen-bond donors (Lipinski definition) is 2. The molecule has 34 heavy (non-hydrogen) atoms. The minimum Gasteiger partial charge on any atom is -0.457 e. The number of aromatic nitrogens is 1. The SMILES string of the molecule is CCCC(CO)NC(=O)c1cccc(Oc2cccc(-c3c(C)cnc4c(Cl)cccc34)c2)c1. The van der Waals surface area contributed by atoms with Crippen molar-refractivity contribution in [3.8, 4) is 22.6 Å². The van der Waals surface area contributed by atoms with E-state index in [9.17, 15) is 9.90 Å². The molecule has 0 aliphatic carbocycles. The first-order valence-corrected chi connectivity index (χ1v) is 11.7. The zero-order chi connectivity index (χ0) is 24.1. The van der Waals surface area contributed by atoms with Crippen molar-refractivity contribution in [2.75, 3.05) is 6.61 Å². The van der Waals surface area contributed by atoms with Gasteiger partial charge in [0.05, 0.1) is 23.2 Å². The maximum atomic E-state index is 12.6. The number of fused-ring (bicyclic) bond motifs is 1. The number of carbonyl (C=O) groups is 1. The maximum Gasteiger partial charge on any atom is 0.251 e. The number of aryl methyl sites for hydroxylation is 1. The van der Waals surface area contributed by atoms with Crippen LogP contribution in [-0.2, 0) is 0 Å². The second-order valence-electron chi connectivity index (χ2n) is 8.25. The number of carbonyl (C=O) groups excluding carboxylic acids is 1. The third-order valence-electron chi connectivity index (χ3n) is 5.69. The molecule has 1 atom stereocenters. The smallest absolute Gasteiger partial charge is 0.251 e. The Morgan fingerprint density at radius 2 is 1.82 bits per heavy atom. The van der Waals surface area contributed by atoms with Gasteiger partial charge in [-0.15, -0.1) is 0 Å². The molecule has 1 amide bonds. The quantitative estimate of drug-likeness (QED) is 0.304. The number of pyridine rings is 1. The fourth-order valence-corrected chi connectivity index (χ4v) is 4.27. The molecule has 0 radical (unpaired) electrons. The highest BCUT2D eigenvalue weighted by Crippen LogP contribution is 2.35. The minimum absolute atomic E-state index is 0.0864. The minimum atomic E-state index is -0.259. The lowest BCUT2D eigenvalue weighted by Crippen LogP contribution is -2.37. The van der Waals surface area contributed by atoms with Crippen LogP contribution in [0.2, 0.25) is 5.02 Å². The summed E-state index contributed by atoms with van der Waals surface area (Å²) in [5, 5.41) is 13.9. The largest absolute Gasteiger partial charge is 0.457 e. The highest BCUT2D eigenvalue weighted by Gasteiger charge is 2.14. The number of hydrogen-bond acceptors (Lipinski definition) is 4. The molecule has 5 nitrogen and oxygen atoms in total. The number of nitrogens with one attached hydrogen (secondary N) is 1.